The van der Waals surface area contributed by atoms with Gasteiger partial charge in [-0.25, -0.2) is 0 Å². The fraction of sp³-hybridized carbons (Fsp3) is 0.136. The van der Waals surface area contributed by atoms with Crippen LogP contribution in [0.3, 0.4) is 0 Å². The smallest absolute Gasteiger partial charge is 0.225 e. The number of benzene rings is 3. The Kier molecular flexibility index (Phi) is 5.33. The lowest BCUT2D eigenvalue weighted by molar-refractivity contribution is -0.120. The van der Waals surface area contributed by atoms with Crippen LogP contribution in [0, 0.1) is 11.8 Å². The first-order chi connectivity index (χ1) is 12.3. The van der Waals surface area contributed by atoms with Gasteiger partial charge in [-0.15, -0.1) is 0 Å². The minimum atomic E-state index is -0.0274. The van der Waals surface area contributed by atoms with E-state index in [1.54, 1.807) is 7.11 Å². The van der Waals surface area contributed by atoms with E-state index in [2.05, 4.69) is 29.3 Å². The Morgan fingerprint density at radius 2 is 1.76 bits per heavy atom. The maximum Gasteiger partial charge on any atom is 0.225 e. The van der Waals surface area contributed by atoms with Gasteiger partial charge in [0.1, 0.15) is 5.75 Å². The maximum absolute atomic E-state index is 12.2. The highest BCUT2D eigenvalue weighted by molar-refractivity contribution is 5.90. The van der Waals surface area contributed by atoms with Gasteiger partial charge < -0.3 is 10.1 Å². The predicted octanol–water partition coefficient (Wildman–Crippen LogP) is 3.56. The molecular formula is C22H19NO2. The summed E-state index contributed by atoms with van der Waals surface area (Å²) in [5.41, 5.74) is 1.92. The molecule has 1 N–H and O–H groups in total. The number of amides is 1. The highest BCUT2D eigenvalue weighted by Gasteiger charge is 2.05. The molecule has 25 heavy (non-hydrogen) atoms. The van der Waals surface area contributed by atoms with Crippen LogP contribution in [0.15, 0.2) is 66.7 Å². The maximum atomic E-state index is 12.2. The molecule has 0 fully saturated rings. The van der Waals surface area contributed by atoms with E-state index >= 15 is 0 Å². The second-order valence-electron chi connectivity index (χ2n) is 5.62. The molecule has 0 aromatic heterocycles. The van der Waals surface area contributed by atoms with Crippen LogP contribution in [0.25, 0.3) is 10.8 Å². The fourth-order valence-electron chi connectivity index (χ4n) is 2.65. The third kappa shape index (κ3) is 4.39. The summed E-state index contributed by atoms with van der Waals surface area (Å²) in [6, 6.07) is 21.6. The fourth-order valence-corrected chi connectivity index (χ4v) is 2.65. The standard InChI is InChI=1S/C22H19NO2/c1-25-20-13-11-17(12-14-20)6-5-15-23-22(24)16-19-9-4-8-18-7-2-3-10-21(18)19/h2-4,7-14H,15-16H2,1H3,(H,23,24). The van der Waals surface area contributed by atoms with E-state index in [0.29, 0.717) is 13.0 Å². The van der Waals surface area contributed by atoms with Crippen molar-refractivity contribution in [2.24, 2.45) is 0 Å². The van der Waals surface area contributed by atoms with E-state index < -0.39 is 0 Å². The van der Waals surface area contributed by atoms with Crippen LogP contribution in [-0.2, 0) is 11.2 Å². The van der Waals surface area contributed by atoms with Crippen molar-refractivity contribution in [2.75, 3.05) is 13.7 Å². The molecule has 3 rings (SSSR count). The molecule has 3 nitrogen and oxygen atoms in total. The van der Waals surface area contributed by atoms with Crippen molar-refractivity contribution in [3.8, 4) is 17.6 Å². The van der Waals surface area contributed by atoms with E-state index in [4.69, 9.17) is 4.74 Å². The lowest BCUT2D eigenvalue weighted by Gasteiger charge is -2.06. The molecule has 0 heterocycles. The second kappa shape index (κ2) is 8.03. The van der Waals surface area contributed by atoms with Crippen LogP contribution in [0.1, 0.15) is 11.1 Å². The van der Waals surface area contributed by atoms with Gasteiger partial charge in [0.25, 0.3) is 0 Å². The van der Waals surface area contributed by atoms with Gasteiger partial charge in [0.05, 0.1) is 20.1 Å². The monoisotopic (exact) mass is 329 g/mol. The third-order valence-corrected chi connectivity index (χ3v) is 3.93. The number of fused-ring (bicyclic) bond motifs is 1. The van der Waals surface area contributed by atoms with Crippen LogP contribution < -0.4 is 10.1 Å². The van der Waals surface area contributed by atoms with E-state index in [1.165, 1.54) is 0 Å². The highest BCUT2D eigenvalue weighted by atomic mass is 16.5. The minimum absolute atomic E-state index is 0.0274. The predicted molar refractivity (Wildman–Crippen MR) is 101 cm³/mol. The molecule has 0 bridgehead atoms. The van der Waals surface area contributed by atoms with Crippen molar-refractivity contribution < 1.29 is 9.53 Å². The molecule has 0 atom stereocenters. The van der Waals surface area contributed by atoms with Crippen LogP contribution in [0.4, 0.5) is 0 Å². The Hall–Kier alpha value is -3.25. The Labute approximate surface area is 147 Å². The highest BCUT2D eigenvalue weighted by Crippen LogP contribution is 2.18. The number of carbonyl (C=O) groups excluding carboxylic acids is 1. The summed E-state index contributed by atoms with van der Waals surface area (Å²) >= 11 is 0. The molecule has 0 radical (unpaired) electrons. The molecule has 124 valence electrons. The zero-order valence-corrected chi connectivity index (χ0v) is 14.1. The Balaban J connectivity index is 1.57. The van der Waals surface area contributed by atoms with E-state index in [0.717, 1.165) is 27.6 Å². The van der Waals surface area contributed by atoms with Gasteiger partial charge >= 0.3 is 0 Å². The van der Waals surface area contributed by atoms with Gasteiger partial charge in [-0.1, -0.05) is 54.3 Å². The molecular weight excluding hydrogens is 310 g/mol. The Morgan fingerprint density at radius 1 is 1.00 bits per heavy atom. The quantitative estimate of drug-likeness (QED) is 0.743. The average Bonchev–Trinajstić information content (AvgIpc) is 2.66. The van der Waals surface area contributed by atoms with Crippen molar-refractivity contribution in [1.82, 2.24) is 5.32 Å². The van der Waals surface area contributed by atoms with Gasteiger partial charge in [0, 0.05) is 5.56 Å². The molecule has 3 heteroatoms. The first-order valence-electron chi connectivity index (χ1n) is 8.12. The van der Waals surface area contributed by atoms with Crippen molar-refractivity contribution in [3.05, 3.63) is 77.9 Å². The van der Waals surface area contributed by atoms with Crippen molar-refractivity contribution in [1.29, 1.82) is 0 Å². The van der Waals surface area contributed by atoms with Gasteiger partial charge in [0.15, 0.2) is 0 Å². The number of rotatable bonds is 4. The third-order valence-electron chi connectivity index (χ3n) is 3.93. The van der Waals surface area contributed by atoms with Crippen molar-refractivity contribution in [3.63, 3.8) is 0 Å². The minimum Gasteiger partial charge on any atom is -0.497 e. The van der Waals surface area contributed by atoms with E-state index in [-0.39, 0.29) is 5.91 Å². The number of ether oxygens (including phenoxy) is 1. The van der Waals surface area contributed by atoms with Crippen molar-refractivity contribution in [2.45, 2.75) is 6.42 Å². The normalized spacial score (nSPS) is 9.96. The number of nitrogens with one attached hydrogen (secondary N) is 1. The summed E-state index contributed by atoms with van der Waals surface area (Å²) in [7, 11) is 1.63. The summed E-state index contributed by atoms with van der Waals surface area (Å²) in [5, 5.41) is 5.11. The van der Waals surface area contributed by atoms with Crippen LogP contribution >= 0.6 is 0 Å². The van der Waals surface area contributed by atoms with Gasteiger partial charge in [0.2, 0.25) is 5.91 Å². The number of carbonyl (C=O) groups is 1. The van der Waals surface area contributed by atoms with Crippen LogP contribution in [-0.4, -0.2) is 19.6 Å². The number of methoxy groups -OCH3 is 1. The summed E-state index contributed by atoms with van der Waals surface area (Å²) in [6.07, 6.45) is 0.353. The van der Waals surface area contributed by atoms with Crippen molar-refractivity contribution >= 4 is 16.7 Å². The largest absolute Gasteiger partial charge is 0.497 e. The summed E-state index contributed by atoms with van der Waals surface area (Å²) in [5.74, 6) is 6.77. The molecule has 0 aliphatic rings. The number of hydrogen-bond acceptors (Lipinski definition) is 2. The van der Waals surface area contributed by atoms with Crippen LogP contribution in [0.5, 0.6) is 5.75 Å². The molecule has 3 aromatic rings. The zero-order chi connectivity index (χ0) is 17.5. The van der Waals surface area contributed by atoms with Gasteiger partial charge in [-0.3, -0.25) is 4.79 Å². The second-order valence-corrected chi connectivity index (χ2v) is 5.62. The Morgan fingerprint density at radius 3 is 2.56 bits per heavy atom. The van der Waals surface area contributed by atoms with Gasteiger partial charge in [-0.05, 0) is 40.6 Å². The lowest BCUT2D eigenvalue weighted by Crippen LogP contribution is -2.25. The molecule has 0 aliphatic carbocycles. The van der Waals surface area contributed by atoms with E-state index in [1.807, 2.05) is 54.6 Å². The van der Waals surface area contributed by atoms with Crippen LogP contribution in [0.2, 0.25) is 0 Å². The zero-order valence-electron chi connectivity index (χ0n) is 14.1. The summed E-state index contributed by atoms with van der Waals surface area (Å²) < 4.78 is 5.11. The van der Waals surface area contributed by atoms with E-state index in [9.17, 15) is 4.79 Å². The molecule has 1 amide bonds. The topological polar surface area (TPSA) is 38.3 Å². The lowest BCUT2D eigenvalue weighted by atomic mass is 10.0. The summed E-state index contributed by atoms with van der Waals surface area (Å²) in [4.78, 5) is 12.2. The first kappa shape index (κ1) is 16.6. The van der Waals surface area contributed by atoms with Gasteiger partial charge in [-0.2, -0.15) is 0 Å². The molecule has 0 unspecified atom stereocenters. The Bertz CT molecular complexity index is 928. The SMILES string of the molecule is COc1ccc(C#CCNC(=O)Cc2cccc3ccccc23)cc1. The summed E-state index contributed by atoms with van der Waals surface area (Å²) in [6.45, 7) is 0.329. The molecule has 3 aromatic carbocycles. The first-order valence-corrected chi connectivity index (χ1v) is 8.12. The molecule has 0 aliphatic heterocycles. The molecule has 0 saturated heterocycles. The number of hydrogen-bond donors (Lipinski definition) is 1. The molecule has 0 saturated carbocycles. The molecule has 0 spiro atoms. The average molecular weight is 329 g/mol.